The highest BCUT2D eigenvalue weighted by Gasteiger charge is 2.23. The van der Waals surface area contributed by atoms with Gasteiger partial charge in [0, 0.05) is 30.5 Å². The van der Waals surface area contributed by atoms with E-state index in [0.29, 0.717) is 12.5 Å². The molecule has 5 heteroatoms. The molecule has 1 N–H and O–H groups in total. The van der Waals surface area contributed by atoms with E-state index in [2.05, 4.69) is 23.7 Å². The average Bonchev–Trinajstić information content (AvgIpc) is 2.88. The van der Waals surface area contributed by atoms with Crippen molar-refractivity contribution in [3.05, 3.63) is 21.9 Å². The number of urea groups is 1. The molecule has 2 heterocycles. The van der Waals surface area contributed by atoms with Crippen LogP contribution in [0.15, 0.2) is 11.4 Å². The van der Waals surface area contributed by atoms with E-state index in [-0.39, 0.29) is 6.03 Å². The number of hydrogen-bond donors (Lipinski definition) is 1. The molecule has 4 nitrogen and oxygen atoms in total. The third kappa shape index (κ3) is 4.21. The maximum absolute atomic E-state index is 12.2. The predicted molar refractivity (Wildman–Crippen MR) is 82.1 cm³/mol. The van der Waals surface area contributed by atoms with Crippen molar-refractivity contribution >= 4 is 17.4 Å². The number of thiophene rings is 1. The lowest BCUT2D eigenvalue weighted by Crippen LogP contribution is -2.46. The van der Waals surface area contributed by atoms with Gasteiger partial charge in [-0.25, -0.2) is 4.79 Å². The molecule has 0 radical (unpaired) electrons. The number of carbonyl (C=O) groups is 1. The molecule has 1 fully saturated rings. The van der Waals surface area contributed by atoms with Gasteiger partial charge in [-0.05, 0) is 43.7 Å². The Hall–Kier alpha value is -1.07. The minimum absolute atomic E-state index is 0.0546. The Bertz CT molecular complexity index is 433. The molecule has 20 heavy (non-hydrogen) atoms. The zero-order valence-electron chi connectivity index (χ0n) is 12.4. The minimum atomic E-state index is 0.0546. The van der Waals surface area contributed by atoms with Crippen molar-refractivity contribution in [3.63, 3.8) is 0 Å². The summed E-state index contributed by atoms with van der Waals surface area (Å²) >= 11 is 1.70. The molecular weight excluding hydrogens is 272 g/mol. The molecule has 1 aliphatic heterocycles. The molecule has 1 aromatic rings. The summed E-state index contributed by atoms with van der Waals surface area (Å²) in [6.07, 6.45) is 2.23. The number of nitrogens with one attached hydrogen (secondary N) is 1. The van der Waals surface area contributed by atoms with Crippen molar-refractivity contribution in [3.8, 4) is 0 Å². The van der Waals surface area contributed by atoms with E-state index in [9.17, 15) is 4.79 Å². The minimum Gasteiger partial charge on any atom is -0.381 e. The summed E-state index contributed by atoms with van der Waals surface area (Å²) < 4.78 is 5.48. The van der Waals surface area contributed by atoms with Gasteiger partial charge < -0.3 is 15.0 Å². The van der Waals surface area contributed by atoms with Crippen molar-refractivity contribution < 1.29 is 9.53 Å². The van der Waals surface area contributed by atoms with Crippen LogP contribution >= 0.6 is 11.3 Å². The summed E-state index contributed by atoms with van der Waals surface area (Å²) in [7, 11) is 0. The molecule has 1 atom stereocenters. The number of rotatable bonds is 5. The number of ether oxygens (including phenoxy) is 1. The topological polar surface area (TPSA) is 41.6 Å². The first-order valence-corrected chi connectivity index (χ1v) is 8.22. The maximum atomic E-state index is 12.2. The van der Waals surface area contributed by atoms with Gasteiger partial charge in [0.05, 0.1) is 13.2 Å². The zero-order valence-corrected chi connectivity index (χ0v) is 13.2. The number of amides is 2. The van der Waals surface area contributed by atoms with Crippen LogP contribution in [0.1, 0.15) is 30.2 Å². The molecule has 1 aliphatic rings. The van der Waals surface area contributed by atoms with E-state index in [0.717, 1.165) is 39.1 Å². The Morgan fingerprint density at radius 1 is 1.60 bits per heavy atom. The van der Waals surface area contributed by atoms with Crippen LogP contribution in [-0.2, 0) is 11.3 Å². The Morgan fingerprint density at radius 2 is 2.45 bits per heavy atom. The van der Waals surface area contributed by atoms with Crippen LogP contribution in [0.5, 0.6) is 0 Å². The summed E-state index contributed by atoms with van der Waals surface area (Å²) in [5, 5.41) is 5.09. The normalized spacial score (nSPS) is 19.1. The number of likely N-dealkylation sites (tertiary alicyclic amines) is 1. The highest BCUT2D eigenvalue weighted by Crippen LogP contribution is 2.18. The quantitative estimate of drug-likeness (QED) is 0.907. The number of nitrogens with zero attached hydrogens (tertiary/aromatic N) is 1. The molecule has 0 saturated carbocycles. The smallest absolute Gasteiger partial charge is 0.317 e. The molecule has 2 rings (SSSR count). The number of hydrogen-bond acceptors (Lipinski definition) is 3. The predicted octanol–water partition coefficient (Wildman–Crippen LogP) is 3.01. The van der Waals surface area contributed by atoms with Gasteiger partial charge in [0.1, 0.15) is 0 Å². The fraction of sp³-hybridized carbons (Fsp3) is 0.667. The summed E-state index contributed by atoms with van der Waals surface area (Å²) in [6.45, 7) is 7.92. The number of aryl methyl sites for hydroxylation is 1. The lowest BCUT2D eigenvalue weighted by Gasteiger charge is -2.32. The van der Waals surface area contributed by atoms with Crippen LogP contribution < -0.4 is 5.32 Å². The summed E-state index contributed by atoms with van der Waals surface area (Å²) in [5.74, 6) is 0.484. The van der Waals surface area contributed by atoms with Crippen molar-refractivity contribution in [2.75, 3.05) is 26.3 Å². The molecule has 0 spiro atoms. The van der Waals surface area contributed by atoms with Crippen molar-refractivity contribution in [1.82, 2.24) is 10.2 Å². The number of carbonyl (C=O) groups excluding carboxylic acids is 1. The number of piperidine rings is 1. The molecular formula is C15H24N2O2S. The van der Waals surface area contributed by atoms with Gasteiger partial charge in [0.15, 0.2) is 0 Å². The van der Waals surface area contributed by atoms with E-state index < -0.39 is 0 Å². The maximum Gasteiger partial charge on any atom is 0.317 e. The fourth-order valence-electron chi connectivity index (χ4n) is 2.52. The van der Waals surface area contributed by atoms with E-state index in [4.69, 9.17) is 4.74 Å². The Morgan fingerprint density at radius 3 is 3.15 bits per heavy atom. The first kappa shape index (κ1) is 15.3. The monoisotopic (exact) mass is 296 g/mol. The molecule has 2 amide bonds. The molecule has 0 aliphatic carbocycles. The summed E-state index contributed by atoms with van der Waals surface area (Å²) in [6, 6.07) is 2.14. The van der Waals surface area contributed by atoms with Gasteiger partial charge in [-0.3, -0.25) is 0 Å². The SMILES string of the molecule is CCOCC1CCCN(C(=O)NCc2sccc2C)C1. The Labute approximate surface area is 125 Å². The van der Waals surface area contributed by atoms with Crippen LogP contribution in [-0.4, -0.2) is 37.2 Å². The standard InChI is InChI=1S/C15H24N2O2S/c1-3-19-11-13-5-4-7-17(10-13)15(18)16-9-14-12(2)6-8-20-14/h6,8,13H,3-5,7,9-11H2,1-2H3,(H,16,18). The van der Waals surface area contributed by atoms with Gasteiger partial charge in [0.2, 0.25) is 0 Å². The van der Waals surface area contributed by atoms with Crippen LogP contribution in [0.2, 0.25) is 0 Å². The lowest BCUT2D eigenvalue weighted by atomic mass is 9.99. The summed E-state index contributed by atoms with van der Waals surface area (Å²) in [4.78, 5) is 15.4. The first-order chi connectivity index (χ1) is 9.70. The van der Waals surface area contributed by atoms with Gasteiger partial charge in [0.25, 0.3) is 0 Å². The first-order valence-electron chi connectivity index (χ1n) is 7.34. The summed E-state index contributed by atoms with van der Waals surface area (Å²) in [5.41, 5.74) is 1.25. The van der Waals surface area contributed by atoms with Gasteiger partial charge in [-0.15, -0.1) is 11.3 Å². The van der Waals surface area contributed by atoms with Crippen LogP contribution in [0.4, 0.5) is 4.79 Å². The Balaban J connectivity index is 1.78. The second-order valence-corrected chi connectivity index (χ2v) is 6.30. The highest BCUT2D eigenvalue weighted by atomic mass is 32.1. The third-order valence-corrected chi connectivity index (χ3v) is 4.76. The third-order valence-electron chi connectivity index (χ3n) is 3.73. The van der Waals surface area contributed by atoms with Crippen LogP contribution in [0.25, 0.3) is 0 Å². The van der Waals surface area contributed by atoms with E-state index in [1.807, 2.05) is 11.8 Å². The second kappa shape index (κ2) is 7.64. The second-order valence-electron chi connectivity index (χ2n) is 5.30. The van der Waals surface area contributed by atoms with Crippen LogP contribution in [0.3, 0.4) is 0 Å². The van der Waals surface area contributed by atoms with Gasteiger partial charge in [-0.2, -0.15) is 0 Å². The molecule has 1 aromatic heterocycles. The Kier molecular flexibility index (Phi) is 5.86. The van der Waals surface area contributed by atoms with E-state index in [1.165, 1.54) is 10.4 Å². The van der Waals surface area contributed by atoms with Crippen molar-refractivity contribution in [2.45, 2.75) is 33.2 Å². The largest absolute Gasteiger partial charge is 0.381 e. The fourth-order valence-corrected chi connectivity index (χ4v) is 3.37. The molecule has 1 unspecified atom stereocenters. The van der Waals surface area contributed by atoms with Gasteiger partial charge >= 0.3 is 6.03 Å². The van der Waals surface area contributed by atoms with E-state index >= 15 is 0 Å². The highest BCUT2D eigenvalue weighted by molar-refractivity contribution is 7.10. The average molecular weight is 296 g/mol. The zero-order chi connectivity index (χ0) is 14.4. The molecule has 1 saturated heterocycles. The lowest BCUT2D eigenvalue weighted by molar-refractivity contribution is 0.0756. The van der Waals surface area contributed by atoms with Crippen molar-refractivity contribution in [2.24, 2.45) is 5.92 Å². The van der Waals surface area contributed by atoms with Crippen molar-refractivity contribution in [1.29, 1.82) is 0 Å². The molecule has 0 bridgehead atoms. The van der Waals surface area contributed by atoms with Gasteiger partial charge in [-0.1, -0.05) is 0 Å². The molecule has 112 valence electrons. The molecule has 0 aromatic carbocycles. The van der Waals surface area contributed by atoms with E-state index in [1.54, 1.807) is 11.3 Å². The van der Waals surface area contributed by atoms with Crippen LogP contribution in [0, 0.1) is 12.8 Å².